The fraction of sp³-hybridized carbons (Fsp3) is 0.412. The van der Waals surface area contributed by atoms with Gasteiger partial charge in [-0.15, -0.1) is 0 Å². The molecule has 142 valence electrons. The predicted octanol–water partition coefficient (Wildman–Crippen LogP) is 2.43. The van der Waals surface area contributed by atoms with Gasteiger partial charge >= 0.3 is 0 Å². The molecule has 0 atom stereocenters. The number of methoxy groups -OCH3 is 1. The average molecular weight is 380 g/mol. The van der Waals surface area contributed by atoms with Gasteiger partial charge in [-0.25, -0.2) is 4.98 Å². The van der Waals surface area contributed by atoms with E-state index in [4.69, 9.17) is 10.5 Å². The monoisotopic (exact) mass is 380 g/mol. The Morgan fingerprint density at radius 1 is 1.31 bits per heavy atom. The minimum atomic E-state index is -4.31. The standard InChI is InChI=1S/C17H24N4O4S/c1-4-5-8-19-16-14(11(2)20-17(18)21-16)10-12-9-13(26(22,23)24)6-7-15(12)25-3/h6-7,9H,4-5,8,10H2,1-3H3,(H,22,23,24)(H3,18,19,20,21). The molecule has 0 amide bonds. The summed E-state index contributed by atoms with van der Waals surface area (Å²) in [6, 6.07) is 4.19. The van der Waals surface area contributed by atoms with Gasteiger partial charge in [0.1, 0.15) is 11.6 Å². The van der Waals surface area contributed by atoms with Crippen molar-refractivity contribution in [3.05, 3.63) is 35.0 Å². The molecule has 0 bridgehead atoms. The largest absolute Gasteiger partial charge is 0.496 e. The highest BCUT2D eigenvalue weighted by molar-refractivity contribution is 7.85. The summed E-state index contributed by atoms with van der Waals surface area (Å²) in [6.07, 6.45) is 2.34. The highest BCUT2D eigenvalue weighted by Gasteiger charge is 2.17. The van der Waals surface area contributed by atoms with Crippen molar-refractivity contribution < 1.29 is 17.7 Å². The van der Waals surface area contributed by atoms with Crippen LogP contribution in [0.1, 0.15) is 36.6 Å². The van der Waals surface area contributed by atoms with Crippen LogP contribution in [0.2, 0.25) is 0 Å². The molecule has 0 saturated heterocycles. The van der Waals surface area contributed by atoms with Crippen LogP contribution >= 0.6 is 0 Å². The van der Waals surface area contributed by atoms with E-state index in [1.807, 2.05) is 6.92 Å². The van der Waals surface area contributed by atoms with E-state index in [0.29, 0.717) is 29.2 Å². The van der Waals surface area contributed by atoms with Crippen molar-refractivity contribution in [3.8, 4) is 5.75 Å². The molecule has 1 heterocycles. The topological polar surface area (TPSA) is 127 Å². The summed E-state index contributed by atoms with van der Waals surface area (Å²) >= 11 is 0. The molecule has 0 unspecified atom stereocenters. The molecule has 0 aliphatic rings. The number of aryl methyl sites for hydroxylation is 1. The zero-order valence-electron chi connectivity index (χ0n) is 15.1. The molecular weight excluding hydrogens is 356 g/mol. The van der Waals surface area contributed by atoms with Gasteiger partial charge in [0.2, 0.25) is 5.95 Å². The Kier molecular flexibility index (Phi) is 6.38. The maximum Gasteiger partial charge on any atom is 0.294 e. The Morgan fingerprint density at radius 3 is 2.65 bits per heavy atom. The summed E-state index contributed by atoms with van der Waals surface area (Å²) in [5.74, 6) is 1.29. The van der Waals surface area contributed by atoms with Crippen molar-refractivity contribution in [3.63, 3.8) is 0 Å². The second-order valence-corrected chi connectivity index (χ2v) is 7.32. The van der Waals surface area contributed by atoms with Gasteiger partial charge in [-0.3, -0.25) is 4.55 Å². The predicted molar refractivity (Wildman–Crippen MR) is 100 cm³/mol. The number of hydrogen-bond acceptors (Lipinski definition) is 7. The zero-order valence-corrected chi connectivity index (χ0v) is 15.9. The Balaban J connectivity index is 2.47. The molecule has 9 heteroatoms. The second-order valence-electron chi connectivity index (χ2n) is 5.90. The molecule has 26 heavy (non-hydrogen) atoms. The molecule has 8 nitrogen and oxygen atoms in total. The van der Waals surface area contributed by atoms with Gasteiger partial charge in [0, 0.05) is 29.8 Å². The Hall–Kier alpha value is -2.39. The minimum absolute atomic E-state index is 0.170. The number of rotatable bonds is 8. The number of anilines is 2. The molecule has 2 rings (SSSR count). The maximum atomic E-state index is 11.5. The van der Waals surface area contributed by atoms with Crippen LogP contribution in [0.25, 0.3) is 0 Å². The molecule has 0 radical (unpaired) electrons. The van der Waals surface area contributed by atoms with E-state index >= 15 is 0 Å². The lowest BCUT2D eigenvalue weighted by atomic mass is 10.0. The second kappa shape index (κ2) is 8.33. The number of aromatic nitrogens is 2. The van der Waals surface area contributed by atoms with Crippen LogP contribution in [0, 0.1) is 6.92 Å². The van der Waals surface area contributed by atoms with Gasteiger partial charge in [-0.1, -0.05) is 13.3 Å². The van der Waals surface area contributed by atoms with Gasteiger partial charge in [0.25, 0.3) is 10.1 Å². The summed E-state index contributed by atoms with van der Waals surface area (Å²) in [5, 5.41) is 3.26. The lowest BCUT2D eigenvalue weighted by Gasteiger charge is -2.16. The Bertz CT molecular complexity index is 885. The summed E-state index contributed by atoms with van der Waals surface area (Å²) in [7, 11) is -2.81. The van der Waals surface area contributed by atoms with Crippen molar-refractivity contribution in [2.75, 3.05) is 24.7 Å². The number of nitrogens with zero attached hydrogens (tertiary/aromatic N) is 2. The number of nitrogens with one attached hydrogen (secondary N) is 1. The highest BCUT2D eigenvalue weighted by atomic mass is 32.2. The molecule has 0 saturated carbocycles. The van der Waals surface area contributed by atoms with Gasteiger partial charge < -0.3 is 15.8 Å². The third kappa shape index (κ3) is 4.83. The van der Waals surface area contributed by atoms with Crippen molar-refractivity contribution in [1.29, 1.82) is 0 Å². The molecule has 2 aromatic rings. The molecule has 0 aliphatic carbocycles. The van der Waals surface area contributed by atoms with Crippen molar-refractivity contribution in [1.82, 2.24) is 9.97 Å². The third-order valence-electron chi connectivity index (χ3n) is 3.97. The number of ether oxygens (including phenoxy) is 1. The smallest absolute Gasteiger partial charge is 0.294 e. The third-order valence-corrected chi connectivity index (χ3v) is 4.82. The highest BCUT2D eigenvalue weighted by Crippen LogP contribution is 2.28. The molecular formula is C17H24N4O4S. The fourth-order valence-electron chi connectivity index (χ4n) is 2.60. The number of nitrogens with two attached hydrogens (primary N) is 1. The number of hydrogen-bond donors (Lipinski definition) is 3. The number of unbranched alkanes of at least 4 members (excludes halogenated alkanes) is 1. The fourth-order valence-corrected chi connectivity index (χ4v) is 3.13. The van der Waals surface area contributed by atoms with Gasteiger partial charge in [-0.05, 0) is 31.5 Å². The number of nitrogen functional groups attached to an aromatic ring is 1. The minimum Gasteiger partial charge on any atom is -0.496 e. The molecule has 1 aromatic carbocycles. The van der Waals surface area contributed by atoms with Gasteiger partial charge in [0.15, 0.2) is 0 Å². The van der Waals surface area contributed by atoms with Crippen molar-refractivity contribution in [2.45, 2.75) is 38.0 Å². The summed E-state index contributed by atoms with van der Waals surface area (Å²) < 4.78 is 37.5. The lowest BCUT2D eigenvalue weighted by molar-refractivity contribution is 0.410. The molecule has 1 aromatic heterocycles. The van der Waals surface area contributed by atoms with Crippen LogP contribution < -0.4 is 15.8 Å². The lowest BCUT2D eigenvalue weighted by Crippen LogP contribution is -2.12. The van der Waals surface area contributed by atoms with E-state index < -0.39 is 10.1 Å². The van der Waals surface area contributed by atoms with Crippen LogP contribution in [0.5, 0.6) is 5.75 Å². The summed E-state index contributed by atoms with van der Waals surface area (Å²) in [4.78, 5) is 8.29. The van der Waals surface area contributed by atoms with Crippen LogP contribution in [-0.4, -0.2) is 36.6 Å². The first-order valence-electron chi connectivity index (χ1n) is 8.27. The van der Waals surface area contributed by atoms with Crippen LogP contribution in [-0.2, 0) is 16.5 Å². The zero-order chi connectivity index (χ0) is 19.3. The first-order chi connectivity index (χ1) is 12.3. The van der Waals surface area contributed by atoms with Gasteiger partial charge in [-0.2, -0.15) is 13.4 Å². The van der Waals surface area contributed by atoms with E-state index in [9.17, 15) is 13.0 Å². The normalized spacial score (nSPS) is 11.4. The summed E-state index contributed by atoms with van der Waals surface area (Å²) in [6.45, 7) is 4.65. The molecule has 0 fully saturated rings. The quantitative estimate of drug-likeness (QED) is 0.470. The summed E-state index contributed by atoms with van der Waals surface area (Å²) in [5.41, 5.74) is 7.84. The van der Waals surface area contributed by atoms with Crippen LogP contribution in [0.4, 0.5) is 11.8 Å². The molecule has 0 aliphatic heterocycles. The van der Waals surface area contributed by atoms with Crippen LogP contribution in [0.15, 0.2) is 23.1 Å². The maximum absolute atomic E-state index is 11.5. The Labute approximate surface area is 153 Å². The first kappa shape index (κ1) is 19.9. The van der Waals surface area contributed by atoms with Crippen molar-refractivity contribution >= 4 is 21.9 Å². The average Bonchev–Trinajstić information content (AvgIpc) is 2.57. The number of benzene rings is 1. The van der Waals surface area contributed by atoms with E-state index in [0.717, 1.165) is 24.9 Å². The van der Waals surface area contributed by atoms with Gasteiger partial charge in [0.05, 0.1) is 12.0 Å². The van der Waals surface area contributed by atoms with E-state index in [1.165, 1.54) is 25.3 Å². The van der Waals surface area contributed by atoms with E-state index in [2.05, 4.69) is 22.2 Å². The molecule has 0 spiro atoms. The first-order valence-corrected chi connectivity index (χ1v) is 9.71. The van der Waals surface area contributed by atoms with E-state index in [-0.39, 0.29) is 10.8 Å². The SMILES string of the molecule is CCCCNc1nc(N)nc(C)c1Cc1cc(S(=O)(=O)O)ccc1OC. The van der Waals surface area contributed by atoms with Crippen molar-refractivity contribution in [2.24, 2.45) is 0 Å². The molecule has 4 N–H and O–H groups in total. The van der Waals surface area contributed by atoms with Crippen LogP contribution in [0.3, 0.4) is 0 Å². The Morgan fingerprint density at radius 2 is 2.04 bits per heavy atom. The van der Waals surface area contributed by atoms with E-state index in [1.54, 1.807) is 0 Å².